The molecule has 1 aliphatic rings. The molecular weight excluding hydrogens is 355 g/mol. The van der Waals surface area contributed by atoms with Crippen LogP contribution in [0.15, 0.2) is 42.5 Å². The first-order valence-corrected chi connectivity index (χ1v) is 8.97. The summed E-state index contributed by atoms with van der Waals surface area (Å²) >= 11 is 0. The van der Waals surface area contributed by atoms with E-state index >= 15 is 0 Å². The van der Waals surface area contributed by atoms with E-state index < -0.39 is 18.0 Å². The summed E-state index contributed by atoms with van der Waals surface area (Å²) in [7, 11) is 0. The summed E-state index contributed by atoms with van der Waals surface area (Å²) in [6.07, 6.45) is -3.91. The molecule has 1 unspecified atom stereocenters. The molecule has 0 bridgehead atoms. The van der Waals surface area contributed by atoms with Gasteiger partial charge in [-0.3, -0.25) is 9.69 Å². The van der Waals surface area contributed by atoms with Gasteiger partial charge >= 0.3 is 6.18 Å². The molecule has 2 aromatic carbocycles. The largest absolute Gasteiger partial charge is 0.416 e. The molecule has 0 saturated carbocycles. The highest BCUT2D eigenvalue weighted by atomic mass is 19.4. The second-order valence-corrected chi connectivity index (χ2v) is 7.29. The van der Waals surface area contributed by atoms with Gasteiger partial charge in [0, 0.05) is 12.1 Å². The molecule has 3 rings (SSSR count). The third kappa shape index (κ3) is 4.16. The first kappa shape index (κ1) is 19.4. The molecule has 1 N–H and O–H groups in total. The van der Waals surface area contributed by atoms with E-state index in [2.05, 4.69) is 0 Å². The average Bonchev–Trinajstić information content (AvgIpc) is 2.60. The fraction of sp³-hybridized carbons (Fsp3) is 0.381. The molecular formula is C21H22F3NO2. The zero-order chi connectivity index (χ0) is 19.8. The molecule has 2 aromatic rings. The monoisotopic (exact) mass is 377 g/mol. The smallest absolute Gasteiger partial charge is 0.373 e. The summed E-state index contributed by atoms with van der Waals surface area (Å²) in [5.41, 5.74) is 2.37. The summed E-state index contributed by atoms with van der Waals surface area (Å²) in [6, 6.07) is 10.5. The SMILES string of the molecule is CC(C)CC(O)N1C(=O)CCc2cc(-c3ccc(C(F)(F)F)cc3)ccc21. The predicted octanol–water partition coefficient (Wildman–Crippen LogP) is 5.02. The van der Waals surface area contributed by atoms with Crippen molar-refractivity contribution >= 4 is 11.6 Å². The predicted molar refractivity (Wildman–Crippen MR) is 98.1 cm³/mol. The minimum Gasteiger partial charge on any atom is -0.373 e. The first-order valence-electron chi connectivity index (χ1n) is 8.97. The Balaban J connectivity index is 1.91. The van der Waals surface area contributed by atoms with Crippen molar-refractivity contribution in [3.8, 4) is 11.1 Å². The van der Waals surface area contributed by atoms with Crippen molar-refractivity contribution in [2.45, 2.75) is 45.5 Å². The molecule has 0 spiro atoms. The maximum absolute atomic E-state index is 12.7. The van der Waals surface area contributed by atoms with E-state index in [9.17, 15) is 23.1 Å². The molecule has 0 saturated heterocycles. The Kier molecular flexibility index (Phi) is 5.29. The zero-order valence-corrected chi connectivity index (χ0v) is 15.3. The van der Waals surface area contributed by atoms with Crippen molar-refractivity contribution < 1.29 is 23.1 Å². The van der Waals surface area contributed by atoms with E-state index in [-0.39, 0.29) is 11.8 Å². The first-order chi connectivity index (χ1) is 12.7. The minimum absolute atomic E-state index is 0.113. The summed E-state index contributed by atoms with van der Waals surface area (Å²) in [6.45, 7) is 3.96. The molecule has 27 heavy (non-hydrogen) atoms. The van der Waals surface area contributed by atoms with Crippen LogP contribution in [0.4, 0.5) is 18.9 Å². The Morgan fingerprint density at radius 1 is 1.04 bits per heavy atom. The van der Waals surface area contributed by atoms with Gasteiger partial charge in [0.1, 0.15) is 6.23 Å². The summed E-state index contributed by atoms with van der Waals surface area (Å²) in [4.78, 5) is 13.8. The number of aliphatic hydroxyl groups is 1. The fourth-order valence-electron chi connectivity index (χ4n) is 3.40. The quantitative estimate of drug-likeness (QED) is 0.813. The highest BCUT2D eigenvalue weighted by Crippen LogP contribution is 2.35. The van der Waals surface area contributed by atoms with Gasteiger partial charge in [-0.05, 0) is 59.7 Å². The third-order valence-corrected chi connectivity index (χ3v) is 4.74. The van der Waals surface area contributed by atoms with E-state index in [1.54, 1.807) is 12.1 Å². The molecule has 144 valence electrons. The van der Waals surface area contributed by atoms with Crippen LogP contribution in [0.25, 0.3) is 11.1 Å². The highest BCUT2D eigenvalue weighted by molar-refractivity contribution is 5.97. The summed E-state index contributed by atoms with van der Waals surface area (Å²) < 4.78 is 38.2. The number of hydrogen-bond acceptors (Lipinski definition) is 2. The third-order valence-electron chi connectivity index (χ3n) is 4.74. The number of anilines is 1. The Bertz CT molecular complexity index is 828. The van der Waals surface area contributed by atoms with Crippen molar-refractivity contribution in [2.75, 3.05) is 4.90 Å². The summed E-state index contributed by atoms with van der Waals surface area (Å²) in [5, 5.41) is 10.5. The molecule has 0 fully saturated rings. The van der Waals surface area contributed by atoms with Crippen molar-refractivity contribution in [3.05, 3.63) is 53.6 Å². The molecule has 0 aliphatic carbocycles. The van der Waals surface area contributed by atoms with Gasteiger partial charge in [0.25, 0.3) is 0 Å². The number of fused-ring (bicyclic) bond motifs is 1. The number of alkyl halides is 3. The van der Waals surface area contributed by atoms with Gasteiger partial charge in [-0.2, -0.15) is 13.2 Å². The van der Waals surface area contributed by atoms with Gasteiger partial charge in [-0.25, -0.2) is 0 Å². The van der Waals surface area contributed by atoms with Crippen LogP contribution in [0.3, 0.4) is 0 Å². The number of hydrogen-bond donors (Lipinski definition) is 1. The number of benzene rings is 2. The van der Waals surface area contributed by atoms with Crippen LogP contribution >= 0.6 is 0 Å². The van der Waals surface area contributed by atoms with E-state index in [1.807, 2.05) is 19.9 Å². The van der Waals surface area contributed by atoms with Crippen LogP contribution in [0.2, 0.25) is 0 Å². The highest BCUT2D eigenvalue weighted by Gasteiger charge is 2.31. The van der Waals surface area contributed by atoms with Gasteiger partial charge in [0.15, 0.2) is 0 Å². The Morgan fingerprint density at radius 3 is 2.26 bits per heavy atom. The summed E-state index contributed by atoms with van der Waals surface area (Å²) in [5.74, 6) is 0.127. The van der Waals surface area contributed by atoms with Crippen LogP contribution in [-0.4, -0.2) is 17.2 Å². The van der Waals surface area contributed by atoms with Gasteiger partial charge in [-0.1, -0.05) is 32.0 Å². The number of carbonyl (C=O) groups is 1. The van der Waals surface area contributed by atoms with Crippen molar-refractivity contribution in [2.24, 2.45) is 5.92 Å². The number of aliphatic hydroxyl groups excluding tert-OH is 1. The lowest BCUT2D eigenvalue weighted by molar-refractivity contribution is -0.137. The number of nitrogens with zero attached hydrogens (tertiary/aromatic N) is 1. The lowest BCUT2D eigenvalue weighted by Gasteiger charge is -2.34. The molecule has 6 heteroatoms. The topological polar surface area (TPSA) is 40.5 Å². The van der Waals surface area contributed by atoms with E-state index in [1.165, 1.54) is 17.0 Å². The number of amides is 1. The van der Waals surface area contributed by atoms with Gasteiger partial charge < -0.3 is 5.11 Å². The number of rotatable bonds is 4. The van der Waals surface area contributed by atoms with E-state index in [0.29, 0.717) is 30.5 Å². The number of halogens is 3. The van der Waals surface area contributed by atoms with Gasteiger partial charge in [0.05, 0.1) is 5.56 Å². The number of carbonyl (C=O) groups excluding carboxylic acids is 1. The van der Waals surface area contributed by atoms with E-state index in [0.717, 1.165) is 23.3 Å². The molecule has 1 heterocycles. The molecule has 0 aromatic heterocycles. The zero-order valence-electron chi connectivity index (χ0n) is 15.3. The molecule has 1 amide bonds. The van der Waals surface area contributed by atoms with Gasteiger partial charge in [0.2, 0.25) is 5.91 Å². The normalized spacial score (nSPS) is 15.8. The van der Waals surface area contributed by atoms with Crippen molar-refractivity contribution in [3.63, 3.8) is 0 Å². The molecule has 3 nitrogen and oxygen atoms in total. The van der Waals surface area contributed by atoms with E-state index in [4.69, 9.17) is 0 Å². The maximum Gasteiger partial charge on any atom is 0.416 e. The number of aryl methyl sites for hydroxylation is 1. The van der Waals surface area contributed by atoms with Crippen LogP contribution < -0.4 is 4.90 Å². The molecule has 1 aliphatic heterocycles. The molecule has 0 radical (unpaired) electrons. The van der Waals surface area contributed by atoms with Crippen LogP contribution in [0, 0.1) is 5.92 Å². The lowest BCUT2D eigenvalue weighted by atomic mass is 9.94. The Hall–Kier alpha value is -2.34. The van der Waals surface area contributed by atoms with Crippen LogP contribution in [-0.2, 0) is 17.4 Å². The van der Waals surface area contributed by atoms with Crippen LogP contribution in [0.5, 0.6) is 0 Å². The average molecular weight is 377 g/mol. The molecule has 1 atom stereocenters. The standard InChI is InChI=1S/C21H22F3NO2/c1-13(2)11-20(27)25-18-9-5-15(12-16(18)6-10-19(25)26)14-3-7-17(8-4-14)21(22,23)24/h3-5,7-9,12-13,20,27H,6,10-11H2,1-2H3. The second kappa shape index (κ2) is 7.35. The lowest BCUT2D eigenvalue weighted by Crippen LogP contribution is -2.43. The van der Waals surface area contributed by atoms with Crippen molar-refractivity contribution in [1.29, 1.82) is 0 Å². The Morgan fingerprint density at radius 2 is 1.67 bits per heavy atom. The van der Waals surface area contributed by atoms with Gasteiger partial charge in [-0.15, -0.1) is 0 Å². The van der Waals surface area contributed by atoms with Crippen LogP contribution in [0.1, 0.15) is 37.8 Å². The Labute approximate surface area is 156 Å². The second-order valence-electron chi connectivity index (χ2n) is 7.29. The maximum atomic E-state index is 12.7. The minimum atomic E-state index is -4.36. The fourth-order valence-corrected chi connectivity index (χ4v) is 3.40. The van der Waals surface area contributed by atoms with Crippen molar-refractivity contribution in [1.82, 2.24) is 0 Å².